The molecule has 2 heterocycles. The van der Waals surface area contributed by atoms with Crippen LogP contribution in [0.5, 0.6) is 0 Å². The van der Waals surface area contributed by atoms with Crippen LogP contribution in [0, 0.1) is 0 Å². The van der Waals surface area contributed by atoms with E-state index >= 15 is 0 Å². The van der Waals surface area contributed by atoms with E-state index < -0.39 is 0 Å². The van der Waals surface area contributed by atoms with Crippen molar-refractivity contribution < 1.29 is 9.47 Å². The Morgan fingerprint density at radius 3 is 3.15 bits per heavy atom. The van der Waals surface area contributed by atoms with Crippen LogP contribution < -0.4 is 5.32 Å². The summed E-state index contributed by atoms with van der Waals surface area (Å²) >= 11 is 0. The van der Waals surface area contributed by atoms with E-state index in [0.717, 1.165) is 45.6 Å². The second kappa shape index (κ2) is 3.95. The van der Waals surface area contributed by atoms with E-state index in [4.69, 9.17) is 9.47 Å². The number of rotatable bonds is 1. The fourth-order valence-electron chi connectivity index (χ4n) is 2.18. The first-order chi connectivity index (χ1) is 6.35. The molecule has 13 heavy (non-hydrogen) atoms. The standard InChI is InChI=1S/C10H19NO2/c1-2-9-6-11-7-10(13-9)4-3-5-12-8-10/h9,11H,2-8H2,1H3/t9-,10+/m0/s1. The Hall–Kier alpha value is -0.120. The fraction of sp³-hybridized carbons (Fsp3) is 1.00. The van der Waals surface area contributed by atoms with Gasteiger partial charge < -0.3 is 14.8 Å². The summed E-state index contributed by atoms with van der Waals surface area (Å²) in [7, 11) is 0. The predicted octanol–water partition coefficient (Wildman–Crippen LogP) is 0.934. The number of morpholine rings is 1. The Bertz CT molecular complexity index is 161. The average Bonchev–Trinajstić information content (AvgIpc) is 2.19. The molecule has 0 aromatic carbocycles. The van der Waals surface area contributed by atoms with Crippen molar-refractivity contribution in [3.8, 4) is 0 Å². The maximum Gasteiger partial charge on any atom is 0.104 e. The minimum Gasteiger partial charge on any atom is -0.378 e. The van der Waals surface area contributed by atoms with E-state index in [2.05, 4.69) is 12.2 Å². The van der Waals surface area contributed by atoms with Gasteiger partial charge in [0.25, 0.3) is 0 Å². The molecule has 0 aromatic heterocycles. The summed E-state index contributed by atoms with van der Waals surface area (Å²) in [5.74, 6) is 0. The molecule has 76 valence electrons. The Balaban J connectivity index is 1.95. The first kappa shape index (κ1) is 9.44. The van der Waals surface area contributed by atoms with E-state index in [1.807, 2.05) is 0 Å². The minimum atomic E-state index is -0.00280. The molecule has 3 heteroatoms. The second-order valence-electron chi connectivity index (χ2n) is 4.12. The monoisotopic (exact) mass is 185 g/mol. The molecule has 2 rings (SSSR count). The maximum absolute atomic E-state index is 6.08. The van der Waals surface area contributed by atoms with E-state index in [0.29, 0.717) is 6.10 Å². The van der Waals surface area contributed by atoms with E-state index in [9.17, 15) is 0 Å². The lowest BCUT2D eigenvalue weighted by Gasteiger charge is -2.43. The summed E-state index contributed by atoms with van der Waals surface area (Å²) < 4.78 is 11.6. The lowest BCUT2D eigenvalue weighted by molar-refractivity contribution is -0.173. The SMILES string of the molecule is CC[C@H]1CNC[C@@]2(CCCOC2)O1. The molecule has 1 spiro atoms. The van der Waals surface area contributed by atoms with Crippen molar-refractivity contribution in [2.75, 3.05) is 26.3 Å². The zero-order valence-corrected chi connectivity index (χ0v) is 8.34. The Labute approximate surface area is 79.8 Å². The normalized spacial score (nSPS) is 40.8. The molecule has 2 atom stereocenters. The number of ether oxygens (including phenoxy) is 2. The lowest BCUT2D eigenvalue weighted by Crippen LogP contribution is -2.57. The molecule has 0 amide bonds. The number of hydrogen-bond donors (Lipinski definition) is 1. The van der Waals surface area contributed by atoms with Gasteiger partial charge in [-0.05, 0) is 19.3 Å². The molecule has 0 aliphatic carbocycles. The van der Waals surface area contributed by atoms with Gasteiger partial charge in [0, 0.05) is 19.7 Å². The summed E-state index contributed by atoms with van der Waals surface area (Å²) in [6.45, 7) is 5.81. The molecule has 0 bridgehead atoms. The number of nitrogens with one attached hydrogen (secondary N) is 1. The van der Waals surface area contributed by atoms with Crippen LogP contribution in [0.1, 0.15) is 26.2 Å². The molecule has 2 fully saturated rings. The van der Waals surface area contributed by atoms with Crippen molar-refractivity contribution in [2.24, 2.45) is 0 Å². The van der Waals surface area contributed by atoms with Gasteiger partial charge in [0.1, 0.15) is 5.60 Å². The second-order valence-corrected chi connectivity index (χ2v) is 4.12. The average molecular weight is 185 g/mol. The predicted molar refractivity (Wildman–Crippen MR) is 50.8 cm³/mol. The highest BCUT2D eigenvalue weighted by Gasteiger charge is 2.38. The van der Waals surface area contributed by atoms with E-state index in [1.54, 1.807) is 0 Å². The van der Waals surface area contributed by atoms with Crippen LogP contribution >= 0.6 is 0 Å². The third-order valence-electron chi connectivity index (χ3n) is 2.98. The molecule has 0 aromatic rings. The molecule has 1 N–H and O–H groups in total. The summed E-state index contributed by atoms with van der Waals surface area (Å²) in [4.78, 5) is 0. The Morgan fingerprint density at radius 2 is 2.46 bits per heavy atom. The molecular formula is C10H19NO2. The van der Waals surface area contributed by atoms with Crippen molar-refractivity contribution in [1.29, 1.82) is 0 Å². The van der Waals surface area contributed by atoms with Crippen LogP contribution in [0.25, 0.3) is 0 Å². The molecule has 0 radical (unpaired) electrons. The van der Waals surface area contributed by atoms with E-state index in [-0.39, 0.29) is 5.60 Å². The Kier molecular flexibility index (Phi) is 2.86. The van der Waals surface area contributed by atoms with Crippen LogP contribution in [-0.4, -0.2) is 38.0 Å². The van der Waals surface area contributed by atoms with Crippen molar-refractivity contribution in [1.82, 2.24) is 5.32 Å². The molecule has 0 unspecified atom stereocenters. The molecule has 2 saturated heterocycles. The maximum atomic E-state index is 6.08. The summed E-state index contributed by atoms with van der Waals surface area (Å²) in [6, 6.07) is 0. The van der Waals surface area contributed by atoms with Crippen LogP contribution in [0.15, 0.2) is 0 Å². The molecular weight excluding hydrogens is 166 g/mol. The van der Waals surface area contributed by atoms with Gasteiger partial charge in [0.15, 0.2) is 0 Å². The van der Waals surface area contributed by atoms with Crippen molar-refractivity contribution >= 4 is 0 Å². The molecule has 3 nitrogen and oxygen atoms in total. The smallest absolute Gasteiger partial charge is 0.104 e. The zero-order chi connectivity index (χ0) is 9.15. The zero-order valence-electron chi connectivity index (χ0n) is 8.34. The highest BCUT2D eigenvalue weighted by Crippen LogP contribution is 2.27. The van der Waals surface area contributed by atoms with Gasteiger partial charge in [0.05, 0.1) is 12.7 Å². The van der Waals surface area contributed by atoms with Gasteiger partial charge >= 0.3 is 0 Å². The topological polar surface area (TPSA) is 30.5 Å². The summed E-state index contributed by atoms with van der Waals surface area (Å²) in [5, 5.41) is 3.44. The minimum absolute atomic E-state index is 0.00280. The summed E-state index contributed by atoms with van der Waals surface area (Å²) in [5.41, 5.74) is -0.00280. The van der Waals surface area contributed by atoms with Gasteiger partial charge in [-0.15, -0.1) is 0 Å². The first-order valence-corrected chi connectivity index (χ1v) is 5.31. The van der Waals surface area contributed by atoms with E-state index in [1.165, 1.54) is 0 Å². The summed E-state index contributed by atoms with van der Waals surface area (Å²) in [6.07, 6.45) is 3.76. The van der Waals surface area contributed by atoms with Gasteiger partial charge in [0.2, 0.25) is 0 Å². The third kappa shape index (κ3) is 2.03. The first-order valence-electron chi connectivity index (χ1n) is 5.31. The highest BCUT2D eigenvalue weighted by molar-refractivity contribution is 4.90. The van der Waals surface area contributed by atoms with Crippen LogP contribution in [0.2, 0.25) is 0 Å². The lowest BCUT2D eigenvalue weighted by atomic mass is 9.94. The fourth-order valence-corrected chi connectivity index (χ4v) is 2.18. The van der Waals surface area contributed by atoms with Gasteiger partial charge in [-0.1, -0.05) is 6.92 Å². The van der Waals surface area contributed by atoms with Gasteiger partial charge in [-0.3, -0.25) is 0 Å². The van der Waals surface area contributed by atoms with Crippen LogP contribution in [0.4, 0.5) is 0 Å². The number of hydrogen-bond acceptors (Lipinski definition) is 3. The van der Waals surface area contributed by atoms with Crippen LogP contribution in [0.3, 0.4) is 0 Å². The Morgan fingerprint density at radius 1 is 1.54 bits per heavy atom. The quantitative estimate of drug-likeness (QED) is 0.659. The van der Waals surface area contributed by atoms with Gasteiger partial charge in [-0.25, -0.2) is 0 Å². The van der Waals surface area contributed by atoms with Crippen molar-refractivity contribution in [3.05, 3.63) is 0 Å². The molecule has 0 saturated carbocycles. The highest BCUT2D eigenvalue weighted by atomic mass is 16.6. The van der Waals surface area contributed by atoms with Crippen LogP contribution in [-0.2, 0) is 9.47 Å². The van der Waals surface area contributed by atoms with Gasteiger partial charge in [-0.2, -0.15) is 0 Å². The molecule has 2 aliphatic rings. The largest absolute Gasteiger partial charge is 0.378 e. The van der Waals surface area contributed by atoms with Crippen molar-refractivity contribution in [2.45, 2.75) is 37.9 Å². The van der Waals surface area contributed by atoms with Crippen molar-refractivity contribution in [3.63, 3.8) is 0 Å². The third-order valence-corrected chi connectivity index (χ3v) is 2.98. The molecule has 2 aliphatic heterocycles.